The molecule has 1 fully saturated rings. The van der Waals surface area contributed by atoms with E-state index < -0.39 is 96.5 Å². The maximum atomic E-state index is 14.7. The summed E-state index contributed by atoms with van der Waals surface area (Å²) in [5.41, 5.74) is 13.8. The summed E-state index contributed by atoms with van der Waals surface area (Å²) in [6.45, 7) is 1.73. The molecule has 6 unspecified atom stereocenters. The van der Waals surface area contributed by atoms with Gasteiger partial charge in [0.05, 0.1) is 6.54 Å². The van der Waals surface area contributed by atoms with E-state index in [4.69, 9.17) is 23.1 Å². The smallest absolute Gasteiger partial charge is 0.267 e. The Kier molecular flexibility index (Phi) is 16.2. The first kappa shape index (κ1) is 51.1. The third kappa shape index (κ3) is 12.1. The van der Waals surface area contributed by atoms with Gasteiger partial charge in [0.25, 0.3) is 11.8 Å². The van der Waals surface area contributed by atoms with E-state index in [2.05, 4.69) is 21.3 Å². The van der Waals surface area contributed by atoms with Crippen LogP contribution < -0.4 is 32.7 Å². The Hall–Kier alpha value is -7.25. The maximum absolute atomic E-state index is 14.7. The number of primary amides is 1. The summed E-state index contributed by atoms with van der Waals surface area (Å²) in [4.78, 5) is 110. The first-order valence-electron chi connectivity index (χ1n) is 22.2. The van der Waals surface area contributed by atoms with Crippen molar-refractivity contribution in [3.63, 3.8) is 0 Å². The first-order valence-corrected chi connectivity index (χ1v) is 22.5. The number of nitrogens with two attached hydrogens (primary N) is 2. The third-order valence-electron chi connectivity index (χ3n) is 12.2. The van der Waals surface area contributed by atoms with E-state index >= 15 is 0 Å². The number of nitrogens with zero attached hydrogens (tertiary/aromatic N) is 2. The molecule has 4 aromatic rings. The quantitative estimate of drug-likeness (QED) is 0.0716. The Balaban J connectivity index is 1.31. The molecule has 364 valence electrons. The molecule has 4 aromatic carbocycles. The number of hydrogen-bond acceptors (Lipinski definition) is 10. The average molecular weight is 971 g/mol. The van der Waals surface area contributed by atoms with Gasteiger partial charge in [-0.05, 0) is 110 Å². The summed E-state index contributed by atoms with van der Waals surface area (Å²) in [7, 11) is 1.34. The van der Waals surface area contributed by atoms with E-state index in [1.165, 1.54) is 57.3 Å². The van der Waals surface area contributed by atoms with Gasteiger partial charge in [-0.25, -0.2) is 8.78 Å². The van der Waals surface area contributed by atoms with Crippen molar-refractivity contribution in [2.24, 2.45) is 11.5 Å². The molecular weight excluding hydrogens is 918 g/mol. The van der Waals surface area contributed by atoms with E-state index in [0.717, 1.165) is 16.0 Å². The van der Waals surface area contributed by atoms with E-state index in [0.29, 0.717) is 41.2 Å². The predicted molar refractivity (Wildman–Crippen MR) is 251 cm³/mol. The van der Waals surface area contributed by atoms with Gasteiger partial charge >= 0.3 is 0 Å². The van der Waals surface area contributed by atoms with Crippen molar-refractivity contribution >= 4 is 59.2 Å². The molecule has 0 spiro atoms. The fourth-order valence-electron chi connectivity index (χ4n) is 8.40. The summed E-state index contributed by atoms with van der Waals surface area (Å²) in [5, 5.41) is 22.2. The zero-order valence-electron chi connectivity index (χ0n) is 38.0. The fraction of sp³-hybridized carbons (Fsp3) is 0.347. The Bertz CT molecular complexity index is 2630. The Morgan fingerprint density at radius 3 is 2.23 bits per heavy atom. The summed E-state index contributed by atoms with van der Waals surface area (Å²) in [6, 6.07) is 13.6. The van der Waals surface area contributed by atoms with Crippen molar-refractivity contribution in [2.75, 3.05) is 20.1 Å². The molecule has 17 nitrogen and oxygen atoms in total. The SMILES string of the molecule is CC1NC(=O)C(N(C)C(=O)C(CCCCN)NC(=O)c2ccc(-c3ccc(Cl)cc3)cc2)c2ccc(C=O)c(c2)-c2cc(ccc2O)CC(C(=O)NC(C)C(=O)N2CC(F)(F)CC2C(N)=O)NC1=O. The molecule has 7 amide bonds. The van der Waals surface area contributed by atoms with Gasteiger partial charge in [0.15, 0.2) is 6.29 Å². The molecule has 69 heavy (non-hydrogen) atoms. The number of likely N-dealkylation sites (N-methyl/N-ethyl adjacent to an activating group) is 1. The normalized spacial score (nSPS) is 19.7. The van der Waals surface area contributed by atoms with Gasteiger partial charge in [0.2, 0.25) is 35.4 Å². The van der Waals surface area contributed by atoms with Crippen molar-refractivity contribution in [1.29, 1.82) is 0 Å². The Morgan fingerprint density at radius 2 is 1.59 bits per heavy atom. The lowest BCUT2D eigenvalue weighted by atomic mass is 9.91. The number of likely N-dealkylation sites (tertiary alicyclic amines) is 1. The standard InChI is InChI=1S/C49H53ClF2N8O9/c1-26-43(64)58-38(45(66)56-27(2)47(68)60-25-49(51,52)23-39(60)42(54)63)21-28-7-18-40(62)36(20-28)35-22-32(12-13-33(35)24-61)41(46(67)55-26)59(3)48(69)37(6-4-5-19-53)57-44(65)31-10-8-29(9-11-31)30-14-16-34(50)17-15-30/h7-18,20,22,24,26-27,37-39,41,62H,4-6,19,21,23,25,53H2,1-3H3,(H2,54,63)(H,55,67)(H,56,66)(H,57,65)(H,58,64). The van der Waals surface area contributed by atoms with Crippen molar-refractivity contribution in [1.82, 2.24) is 31.1 Å². The number of carbonyl (C=O) groups excluding carboxylic acids is 8. The summed E-state index contributed by atoms with van der Waals surface area (Å²) in [5.74, 6) is -9.89. The van der Waals surface area contributed by atoms with Gasteiger partial charge < -0.3 is 47.6 Å². The van der Waals surface area contributed by atoms with Crippen LogP contribution in [0.3, 0.4) is 0 Å². The number of amides is 7. The van der Waals surface area contributed by atoms with E-state index in [1.54, 1.807) is 36.4 Å². The highest BCUT2D eigenvalue weighted by atomic mass is 35.5. The summed E-state index contributed by atoms with van der Waals surface area (Å²) < 4.78 is 28.7. The molecular formula is C49H53ClF2N8O9. The van der Waals surface area contributed by atoms with Gasteiger partial charge in [-0.3, -0.25) is 38.4 Å². The lowest BCUT2D eigenvalue weighted by molar-refractivity contribution is -0.142. The van der Waals surface area contributed by atoms with Crippen LogP contribution >= 0.6 is 11.6 Å². The van der Waals surface area contributed by atoms with Crippen LogP contribution in [0.2, 0.25) is 5.02 Å². The molecule has 0 radical (unpaired) electrons. The molecule has 6 atom stereocenters. The third-order valence-corrected chi connectivity index (χ3v) is 12.4. The van der Waals surface area contributed by atoms with Crippen LogP contribution in [0.4, 0.5) is 8.78 Å². The number of halogens is 3. The molecule has 1 saturated heterocycles. The molecule has 0 saturated carbocycles. The number of hydrogen-bond donors (Lipinski definition) is 7. The summed E-state index contributed by atoms with van der Waals surface area (Å²) >= 11 is 6.05. The molecule has 2 heterocycles. The number of carbonyl (C=O) groups is 8. The lowest BCUT2D eigenvalue weighted by Crippen LogP contribution is -2.58. The van der Waals surface area contributed by atoms with Gasteiger partial charge in [-0.15, -0.1) is 0 Å². The van der Waals surface area contributed by atoms with Crippen LogP contribution in [-0.4, -0.2) is 119 Å². The number of aromatic hydroxyl groups is 1. The topological polar surface area (TPSA) is 263 Å². The number of fused-ring (bicyclic) bond motifs is 5. The number of phenols is 1. The zero-order chi connectivity index (χ0) is 50.3. The van der Waals surface area contributed by atoms with Crippen LogP contribution in [-0.2, 0) is 35.2 Å². The molecule has 2 aliphatic rings. The van der Waals surface area contributed by atoms with Crippen molar-refractivity contribution in [2.45, 2.75) is 88.1 Å². The fourth-order valence-corrected chi connectivity index (χ4v) is 8.53. The Morgan fingerprint density at radius 1 is 0.928 bits per heavy atom. The van der Waals surface area contributed by atoms with Crippen molar-refractivity contribution < 1.29 is 52.2 Å². The second kappa shape index (κ2) is 21.8. The monoisotopic (exact) mass is 970 g/mol. The highest BCUT2D eigenvalue weighted by Gasteiger charge is 2.50. The van der Waals surface area contributed by atoms with Crippen molar-refractivity contribution in [3.8, 4) is 28.0 Å². The number of alkyl halides is 2. The number of rotatable bonds is 14. The van der Waals surface area contributed by atoms with Gasteiger partial charge in [0.1, 0.15) is 42.0 Å². The van der Waals surface area contributed by atoms with Crippen LogP contribution in [0.1, 0.15) is 77.4 Å². The van der Waals surface area contributed by atoms with E-state index in [-0.39, 0.29) is 46.4 Å². The predicted octanol–water partition coefficient (Wildman–Crippen LogP) is 3.39. The minimum Gasteiger partial charge on any atom is -0.507 e. The lowest BCUT2D eigenvalue weighted by Gasteiger charge is -2.32. The van der Waals surface area contributed by atoms with E-state index in [1.807, 2.05) is 12.1 Å². The summed E-state index contributed by atoms with van der Waals surface area (Å²) in [6.07, 6.45) is 0.311. The van der Waals surface area contributed by atoms with Gasteiger partial charge in [0, 0.05) is 41.6 Å². The van der Waals surface area contributed by atoms with Crippen LogP contribution in [0.25, 0.3) is 22.3 Å². The number of phenolic OH excluding ortho intramolecular Hbond substituents is 1. The molecule has 9 N–H and O–H groups in total. The first-order chi connectivity index (χ1) is 32.7. The molecule has 6 rings (SSSR count). The number of nitrogens with one attached hydrogen (secondary N) is 4. The van der Waals surface area contributed by atoms with E-state index in [9.17, 15) is 52.2 Å². The highest BCUT2D eigenvalue weighted by Crippen LogP contribution is 2.36. The van der Waals surface area contributed by atoms with Gasteiger partial charge in [-0.2, -0.15) is 0 Å². The number of benzene rings is 4. The molecule has 0 aromatic heterocycles. The largest absolute Gasteiger partial charge is 0.507 e. The number of unbranched alkanes of at least 4 members (excludes halogenated alkanes) is 1. The second-order valence-corrected chi connectivity index (χ2v) is 17.7. The minimum atomic E-state index is -3.41. The molecule has 4 bridgehead atoms. The molecule has 20 heteroatoms. The molecule has 2 aliphatic heterocycles. The Labute approximate surface area is 401 Å². The molecule has 0 aliphatic carbocycles. The highest BCUT2D eigenvalue weighted by molar-refractivity contribution is 6.30. The average Bonchev–Trinajstić information content (AvgIpc) is 3.66. The van der Waals surface area contributed by atoms with Crippen LogP contribution in [0, 0.1) is 0 Å². The van der Waals surface area contributed by atoms with Crippen LogP contribution in [0.5, 0.6) is 5.75 Å². The zero-order valence-corrected chi connectivity index (χ0v) is 38.7. The van der Waals surface area contributed by atoms with Crippen LogP contribution in [0.15, 0.2) is 84.9 Å². The maximum Gasteiger partial charge on any atom is 0.267 e. The minimum absolute atomic E-state index is 0.0745. The second-order valence-electron chi connectivity index (χ2n) is 17.2. The van der Waals surface area contributed by atoms with Gasteiger partial charge in [-0.1, -0.05) is 54.1 Å². The number of aldehydes is 1. The van der Waals surface area contributed by atoms with Crippen molar-refractivity contribution in [3.05, 3.63) is 112 Å².